The molecule has 3 heterocycles. The quantitative estimate of drug-likeness (QED) is 0.440. The van der Waals surface area contributed by atoms with Gasteiger partial charge in [0.2, 0.25) is 10.0 Å². The molecule has 1 aromatic carbocycles. The van der Waals surface area contributed by atoms with Gasteiger partial charge in [0.05, 0.1) is 22.5 Å². The molecule has 5 rings (SSSR count). The van der Waals surface area contributed by atoms with Crippen molar-refractivity contribution in [1.82, 2.24) is 19.1 Å². The molecule has 37 heavy (non-hydrogen) atoms. The minimum atomic E-state index is -4.64. The summed E-state index contributed by atoms with van der Waals surface area (Å²) in [4.78, 5) is 15.1. The first kappa shape index (κ1) is 25.3. The maximum absolute atomic E-state index is 13.3. The number of benzene rings is 1. The number of halogens is 3. The second-order valence-corrected chi connectivity index (χ2v) is 11.3. The molecule has 0 bridgehead atoms. The van der Waals surface area contributed by atoms with Gasteiger partial charge in [0, 0.05) is 24.8 Å². The van der Waals surface area contributed by atoms with Crippen LogP contribution < -0.4 is 10.9 Å². The number of nitriles is 1. The molecule has 1 unspecified atom stereocenters. The molecule has 196 valence electrons. The van der Waals surface area contributed by atoms with Gasteiger partial charge < -0.3 is 10.3 Å². The van der Waals surface area contributed by atoms with E-state index < -0.39 is 22.2 Å². The van der Waals surface area contributed by atoms with E-state index in [1.807, 2.05) is 0 Å². The minimum Gasteiger partial charge on any atom is -0.338 e. The minimum absolute atomic E-state index is 0.0333. The standard InChI is InChI=1S/C24H25F3N6O3S/c25-24(26,27)20-4-2-14-32(20)37(35,36)17-9-7-16(8-10-17)30-22-21-19(11-13-29-23(21)34)33(31-22)18(3-1-12-28)15-5-6-15/h7-11,13,15,18,20H,1-6,14H2,(H,29,34)(H,30,31)/t18-,20?/m0/s1. The van der Waals surface area contributed by atoms with Gasteiger partial charge in [-0.3, -0.25) is 9.48 Å². The molecule has 2 N–H and O–H groups in total. The van der Waals surface area contributed by atoms with Crippen molar-refractivity contribution >= 4 is 32.4 Å². The number of sulfonamides is 1. The Bertz CT molecular complexity index is 1500. The van der Waals surface area contributed by atoms with Crippen molar-refractivity contribution in [3.05, 3.63) is 46.9 Å². The zero-order chi connectivity index (χ0) is 26.4. The van der Waals surface area contributed by atoms with Crippen LogP contribution in [-0.2, 0) is 10.0 Å². The average Bonchev–Trinajstić information content (AvgIpc) is 3.42. The van der Waals surface area contributed by atoms with Gasteiger partial charge >= 0.3 is 6.18 Å². The Labute approximate surface area is 210 Å². The third kappa shape index (κ3) is 4.83. The number of fused-ring (bicyclic) bond motifs is 1. The number of rotatable bonds is 8. The molecule has 0 spiro atoms. The lowest BCUT2D eigenvalue weighted by Gasteiger charge is -2.25. The van der Waals surface area contributed by atoms with E-state index in [-0.39, 0.29) is 41.7 Å². The van der Waals surface area contributed by atoms with E-state index in [1.165, 1.54) is 30.5 Å². The van der Waals surface area contributed by atoms with Crippen LogP contribution in [0, 0.1) is 17.2 Å². The maximum atomic E-state index is 13.3. The van der Waals surface area contributed by atoms with Crippen LogP contribution in [0.3, 0.4) is 0 Å². The van der Waals surface area contributed by atoms with Crippen molar-refractivity contribution in [2.75, 3.05) is 11.9 Å². The lowest BCUT2D eigenvalue weighted by atomic mass is 10.1. The van der Waals surface area contributed by atoms with Crippen molar-refractivity contribution in [3.8, 4) is 6.07 Å². The molecular formula is C24H25F3N6O3S. The average molecular weight is 535 g/mol. The Morgan fingerprint density at radius 2 is 1.92 bits per heavy atom. The molecule has 0 amide bonds. The highest BCUT2D eigenvalue weighted by Gasteiger charge is 2.50. The first-order valence-corrected chi connectivity index (χ1v) is 13.5. The Hall–Kier alpha value is -3.37. The molecule has 1 saturated carbocycles. The largest absolute Gasteiger partial charge is 0.405 e. The Kier molecular flexibility index (Phi) is 6.49. The number of aromatic nitrogens is 3. The highest BCUT2D eigenvalue weighted by atomic mass is 32.2. The van der Waals surface area contributed by atoms with Crippen molar-refractivity contribution in [2.45, 2.75) is 61.7 Å². The number of hydrogen-bond donors (Lipinski definition) is 2. The first-order valence-electron chi connectivity index (χ1n) is 12.0. The second kappa shape index (κ2) is 9.50. The van der Waals surface area contributed by atoms with Gasteiger partial charge in [-0.25, -0.2) is 8.42 Å². The van der Waals surface area contributed by atoms with E-state index in [9.17, 15) is 26.4 Å². The van der Waals surface area contributed by atoms with Crippen molar-refractivity contribution in [1.29, 1.82) is 5.26 Å². The van der Waals surface area contributed by atoms with Crippen LogP contribution in [0.5, 0.6) is 0 Å². The normalized spacial score (nSPS) is 19.7. The molecule has 0 radical (unpaired) electrons. The van der Waals surface area contributed by atoms with Gasteiger partial charge in [0.25, 0.3) is 5.56 Å². The van der Waals surface area contributed by atoms with E-state index >= 15 is 0 Å². The van der Waals surface area contributed by atoms with Crippen molar-refractivity contribution in [3.63, 3.8) is 0 Å². The topological polar surface area (TPSA) is 124 Å². The second-order valence-electron chi connectivity index (χ2n) is 9.43. The highest BCUT2D eigenvalue weighted by Crippen LogP contribution is 2.43. The van der Waals surface area contributed by atoms with E-state index in [2.05, 4.69) is 21.5 Å². The Balaban J connectivity index is 1.44. The summed E-state index contributed by atoms with van der Waals surface area (Å²) in [7, 11) is -4.34. The van der Waals surface area contributed by atoms with Gasteiger partial charge in [0.1, 0.15) is 11.4 Å². The number of nitrogens with zero attached hydrogens (tertiary/aromatic N) is 4. The lowest BCUT2D eigenvalue weighted by Crippen LogP contribution is -2.44. The summed E-state index contributed by atoms with van der Waals surface area (Å²) in [5.41, 5.74) is 0.683. The number of H-pyrrole nitrogens is 1. The number of anilines is 2. The molecular weight excluding hydrogens is 509 g/mol. The van der Waals surface area contributed by atoms with Crippen LogP contribution in [0.15, 0.2) is 46.2 Å². The number of alkyl halides is 3. The monoisotopic (exact) mass is 534 g/mol. The fourth-order valence-corrected chi connectivity index (χ4v) is 6.71. The SMILES string of the molecule is N#CCC[C@@H](C1CC1)n1nc(Nc2ccc(S(=O)(=O)N3CCCC3C(F)(F)F)cc2)c2c(=O)[nH]ccc21. The highest BCUT2D eigenvalue weighted by molar-refractivity contribution is 7.89. The predicted molar refractivity (Wildman–Crippen MR) is 130 cm³/mol. The predicted octanol–water partition coefficient (Wildman–Crippen LogP) is 4.44. The zero-order valence-electron chi connectivity index (χ0n) is 19.7. The fourth-order valence-electron chi connectivity index (χ4n) is 5.03. The van der Waals surface area contributed by atoms with Gasteiger partial charge in [-0.05, 0) is 68.4 Å². The molecule has 2 fully saturated rings. The molecule has 1 saturated heterocycles. The molecule has 13 heteroatoms. The molecule has 1 aliphatic carbocycles. The van der Waals surface area contributed by atoms with E-state index in [0.29, 0.717) is 39.7 Å². The number of nitrogens with one attached hydrogen (secondary N) is 2. The van der Waals surface area contributed by atoms with Gasteiger partial charge in [-0.15, -0.1) is 0 Å². The van der Waals surface area contributed by atoms with Crippen molar-refractivity contribution < 1.29 is 21.6 Å². The van der Waals surface area contributed by atoms with Gasteiger partial charge in [-0.1, -0.05) is 0 Å². The summed E-state index contributed by atoms with van der Waals surface area (Å²) in [6.07, 6.45) is -0.219. The summed E-state index contributed by atoms with van der Waals surface area (Å²) in [5.74, 6) is 0.644. The molecule has 2 atom stereocenters. The Morgan fingerprint density at radius 1 is 1.19 bits per heavy atom. The molecule has 2 aliphatic rings. The molecule has 1 aliphatic heterocycles. The van der Waals surface area contributed by atoms with Crippen LogP contribution in [0.1, 0.15) is 44.6 Å². The summed E-state index contributed by atoms with van der Waals surface area (Å²) in [5, 5.41) is 17.1. The molecule has 2 aromatic heterocycles. The molecule has 9 nitrogen and oxygen atoms in total. The van der Waals surface area contributed by atoms with Crippen LogP contribution in [0.25, 0.3) is 10.9 Å². The number of pyridine rings is 1. The Morgan fingerprint density at radius 3 is 2.57 bits per heavy atom. The van der Waals surface area contributed by atoms with Gasteiger partial charge in [0.15, 0.2) is 5.82 Å². The first-order chi connectivity index (χ1) is 17.6. The summed E-state index contributed by atoms with van der Waals surface area (Å²) in [6.45, 7) is -0.188. The third-order valence-corrected chi connectivity index (χ3v) is 8.89. The number of aromatic amines is 1. The van der Waals surface area contributed by atoms with Crippen LogP contribution in [-0.4, -0.2) is 46.3 Å². The van der Waals surface area contributed by atoms with Crippen molar-refractivity contribution in [2.24, 2.45) is 5.92 Å². The smallest absolute Gasteiger partial charge is 0.338 e. The summed E-state index contributed by atoms with van der Waals surface area (Å²) < 4.78 is 68.2. The van der Waals surface area contributed by atoms with E-state index in [4.69, 9.17) is 5.26 Å². The maximum Gasteiger partial charge on any atom is 0.405 e. The van der Waals surface area contributed by atoms with Crippen LogP contribution >= 0.6 is 0 Å². The van der Waals surface area contributed by atoms with E-state index in [0.717, 1.165) is 12.8 Å². The van der Waals surface area contributed by atoms with E-state index in [1.54, 1.807) is 10.7 Å². The summed E-state index contributed by atoms with van der Waals surface area (Å²) in [6, 6.07) is 7.20. The summed E-state index contributed by atoms with van der Waals surface area (Å²) >= 11 is 0. The number of hydrogen-bond acceptors (Lipinski definition) is 6. The fraction of sp³-hybridized carbons (Fsp3) is 0.458. The van der Waals surface area contributed by atoms with Gasteiger partial charge in [-0.2, -0.15) is 27.8 Å². The lowest BCUT2D eigenvalue weighted by molar-refractivity contribution is -0.165. The molecule has 3 aromatic rings. The third-order valence-electron chi connectivity index (χ3n) is 6.97. The van der Waals surface area contributed by atoms with Crippen LogP contribution in [0.2, 0.25) is 0 Å². The zero-order valence-corrected chi connectivity index (χ0v) is 20.5. The van der Waals surface area contributed by atoms with Crippen LogP contribution in [0.4, 0.5) is 24.7 Å².